The van der Waals surface area contributed by atoms with E-state index < -0.39 is 17.8 Å². The average Bonchev–Trinajstić information content (AvgIpc) is 3.32. The largest absolute Gasteiger partial charge is 0.486 e. The van der Waals surface area contributed by atoms with Crippen LogP contribution in [0, 0.1) is 5.82 Å². The Balaban J connectivity index is 1.46. The number of fused-ring (bicyclic) bond motifs is 1. The fourth-order valence-corrected chi connectivity index (χ4v) is 5.03. The van der Waals surface area contributed by atoms with Gasteiger partial charge in [0.05, 0.1) is 34.5 Å². The first-order valence-electron chi connectivity index (χ1n) is 12.1. The van der Waals surface area contributed by atoms with Gasteiger partial charge in [0.15, 0.2) is 11.6 Å². The lowest BCUT2D eigenvalue weighted by atomic mass is 10.1. The molecule has 0 spiro atoms. The lowest BCUT2D eigenvalue weighted by Crippen LogP contribution is -2.36. The van der Waals surface area contributed by atoms with Gasteiger partial charge in [-0.05, 0) is 43.3 Å². The highest BCUT2D eigenvalue weighted by atomic mass is 35.5. The summed E-state index contributed by atoms with van der Waals surface area (Å²) in [5, 5.41) is 14.4. The quantitative estimate of drug-likeness (QED) is 0.215. The number of nitrogens with one attached hydrogen (secondary N) is 3. The van der Waals surface area contributed by atoms with Crippen molar-refractivity contribution < 1.29 is 18.7 Å². The third-order valence-corrected chi connectivity index (χ3v) is 6.88. The van der Waals surface area contributed by atoms with Crippen LogP contribution in [-0.4, -0.2) is 47.4 Å². The Hall–Kier alpha value is -3.86. The Morgan fingerprint density at radius 1 is 1.23 bits per heavy atom. The molecule has 1 saturated heterocycles. The van der Waals surface area contributed by atoms with Crippen molar-refractivity contribution in [2.24, 2.45) is 0 Å². The number of carbonyl (C=O) groups is 1. The van der Waals surface area contributed by atoms with E-state index in [4.69, 9.17) is 32.7 Å². The monoisotopic (exact) mass is 570 g/mol. The number of rotatable bonds is 8. The van der Waals surface area contributed by atoms with Gasteiger partial charge in [-0.25, -0.2) is 4.39 Å². The molecular formula is C27H25Cl2FN6O3. The molecule has 3 N–H and O–H groups in total. The predicted octanol–water partition coefficient (Wildman–Crippen LogP) is 6.25. The highest BCUT2D eigenvalue weighted by Gasteiger charge is 2.21. The van der Waals surface area contributed by atoms with E-state index in [0.29, 0.717) is 70.1 Å². The van der Waals surface area contributed by atoms with E-state index in [-0.39, 0.29) is 11.4 Å². The number of hydrogen-bond donors (Lipinski definition) is 3. The van der Waals surface area contributed by atoms with Crippen molar-refractivity contribution in [2.45, 2.75) is 13.0 Å². The first-order valence-corrected chi connectivity index (χ1v) is 12.9. The van der Waals surface area contributed by atoms with E-state index in [1.165, 1.54) is 18.5 Å². The van der Waals surface area contributed by atoms with E-state index >= 15 is 4.39 Å². The number of benzene rings is 2. The summed E-state index contributed by atoms with van der Waals surface area (Å²) in [5.41, 5.74) is 2.25. The molecule has 0 aliphatic carbocycles. The second-order valence-electron chi connectivity index (χ2n) is 8.82. The fourth-order valence-electron chi connectivity index (χ4n) is 4.36. The Kier molecular flexibility index (Phi) is 7.87. The van der Waals surface area contributed by atoms with Crippen LogP contribution in [0.15, 0.2) is 55.4 Å². The van der Waals surface area contributed by atoms with Crippen LogP contribution in [0.4, 0.5) is 27.3 Å². The van der Waals surface area contributed by atoms with Gasteiger partial charge in [-0.15, -0.1) is 0 Å². The number of aromatic amines is 1. The van der Waals surface area contributed by atoms with E-state index in [1.54, 1.807) is 24.3 Å². The van der Waals surface area contributed by atoms with Crippen LogP contribution in [0.3, 0.4) is 0 Å². The third-order valence-electron chi connectivity index (χ3n) is 6.28. The van der Waals surface area contributed by atoms with E-state index in [0.717, 1.165) is 6.08 Å². The van der Waals surface area contributed by atoms with Gasteiger partial charge in [0, 0.05) is 42.1 Å². The van der Waals surface area contributed by atoms with Crippen LogP contribution in [0.2, 0.25) is 10.0 Å². The molecule has 2 aromatic heterocycles. The molecule has 1 atom stereocenters. The lowest BCUT2D eigenvalue weighted by Gasteiger charge is -2.29. The van der Waals surface area contributed by atoms with Crippen molar-refractivity contribution in [1.82, 2.24) is 15.2 Å². The van der Waals surface area contributed by atoms with Crippen LogP contribution in [0.1, 0.15) is 18.6 Å². The summed E-state index contributed by atoms with van der Waals surface area (Å²) in [5.74, 6) is -0.166. The number of carbonyl (C=O) groups excluding carboxylic acids is 1. The van der Waals surface area contributed by atoms with Crippen LogP contribution in [0.25, 0.3) is 10.9 Å². The first-order chi connectivity index (χ1) is 18.8. The van der Waals surface area contributed by atoms with E-state index in [2.05, 4.69) is 32.4 Å². The molecule has 1 aliphatic heterocycles. The standard InChI is InChI=1S/C27H25Cl2FN6O3/c1-3-24(37)32-23-11-16(36-6-8-38-9-7-36)10-21(30)26(23)33-27-18-12-17(4-5-22(18)34-35-27)39-15(2)25-19(28)13-31-14-20(25)29/h3-5,10-15H,1,6-9H2,2H3,(H,32,37)(H2,33,34,35). The Morgan fingerprint density at radius 3 is 2.69 bits per heavy atom. The molecule has 2 aromatic carbocycles. The number of pyridine rings is 1. The minimum atomic E-state index is -0.558. The van der Waals surface area contributed by atoms with Crippen molar-refractivity contribution in [2.75, 3.05) is 41.8 Å². The first kappa shape index (κ1) is 26.7. The normalized spacial score (nSPS) is 14.2. The summed E-state index contributed by atoms with van der Waals surface area (Å²) in [6.07, 6.45) is 3.66. The van der Waals surface area contributed by atoms with E-state index in [1.807, 2.05) is 11.8 Å². The smallest absolute Gasteiger partial charge is 0.247 e. The summed E-state index contributed by atoms with van der Waals surface area (Å²) in [6.45, 7) is 7.63. The van der Waals surface area contributed by atoms with E-state index in [9.17, 15) is 4.79 Å². The van der Waals surface area contributed by atoms with Crippen molar-refractivity contribution in [3.05, 3.63) is 76.8 Å². The maximum absolute atomic E-state index is 15.5. The maximum Gasteiger partial charge on any atom is 0.247 e. The van der Waals surface area contributed by atoms with Gasteiger partial charge < -0.3 is 25.0 Å². The number of hydrogen-bond acceptors (Lipinski definition) is 7. The summed E-state index contributed by atoms with van der Waals surface area (Å²) < 4.78 is 27.1. The van der Waals surface area contributed by atoms with Gasteiger partial charge in [-0.2, -0.15) is 5.10 Å². The van der Waals surface area contributed by atoms with Crippen molar-refractivity contribution in [3.63, 3.8) is 0 Å². The Morgan fingerprint density at radius 2 is 1.97 bits per heavy atom. The van der Waals surface area contributed by atoms with Crippen LogP contribution < -0.4 is 20.3 Å². The molecule has 3 heterocycles. The highest BCUT2D eigenvalue weighted by Crippen LogP contribution is 2.37. The molecule has 202 valence electrons. The summed E-state index contributed by atoms with van der Waals surface area (Å²) in [7, 11) is 0. The number of aromatic nitrogens is 3. The molecule has 0 radical (unpaired) electrons. The molecule has 1 amide bonds. The second-order valence-corrected chi connectivity index (χ2v) is 9.64. The molecule has 1 aliphatic rings. The zero-order chi connectivity index (χ0) is 27.5. The highest BCUT2D eigenvalue weighted by molar-refractivity contribution is 6.35. The summed E-state index contributed by atoms with van der Waals surface area (Å²) >= 11 is 12.6. The van der Waals surface area contributed by atoms with Gasteiger partial charge in [-0.1, -0.05) is 29.8 Å². The fraction of sp³-hybridized carbons (Fsp3) is 0.222. The number of nitrogens with zero attached hydrogens (tertiary/aromatic N) is 3. The van der Waals surface area contributed by atoms with Crippen molar-refractivity contribution >= 4 is 62.9 Å². The lowest BCUT2D eigenvalue weighted by molar-refractivity contribution is -0.111. The SMILES string of the molecule is C=CC(=O)Nc1cc(N2CCOCC2)cc(F)c1Nc1n[nH]c2ccc(OC(C)c3c(Cl)cncc3Cl)cc12. The molecule has 39 heavy (non-hydrogen) atoms. The molecule has 1 unspecified atom stereocenters. The molecule has 0 saturated carbocycles. The van der Waals surface area contributed by atoms with Gasteiger partial charge in [0.25, 0.3) is 0 Å². The minimum absolute atomic E-state index is 0.0608. The molecule has 1 fully saturated rings. The van der Waals surface area contributed by atoms with Crippen molar-refractivity contribution in [3.8, 4) is 5.75 Å². The molecule has 0 bridgehead atoms. The maximum atomic E-state index is 15.5. The zero-order valence-corrected chi connectivity index (χ0v) is 22.4. The molecular weight excluding hydrogens is 546 g/mol. The van der Waals surface area contributed by atoms with Gasteiger partial charge >= 0.3 is 0 Å². The second kappa shape index (κ2) is 11.5. The Bertz CT molecular complexity index is 1520. The minimum Gasteiger partial charge on any atom is -0.486 e. The number of H-pyrrole nitrogens is 1. The van der Waals surface area contributed by atoms with Crippen LogP contribution in [0.5, 0.6) is 5.75 Å². The zero-order valence-electron chi connectivity index (χ0n) is 20.9. The van der Waals surface area contributed by atoms with Gasteiger partial charge in [-0.3, -0.25) is 14.9 Å². The molecule has 9 nitrogen and oxygen atoms in total. The topological polar surface area (TPSA) is 104 Å². The number of morpholine rings is 1. The van der Waals surface area contributed by atoms with Crippen LogP contribution in [-0.2, 0) is 9.53 Å². The molecule has 12 heteroatoms. The number of halogens is 3. The number of amides is 1. The third kappa shape index (κ3) is 5.78. The summed E-state index contributed by atoms with van der Waals surface area (Å²) in [6, 6.07) is 8.47. The molecule has 5 rings (SSSR count). The average molecular weight is 571 g/mol. The van der Waals surface area contributed by atoms with Gasteiger partial charge in [0.1, 0.15) is 17.5 Å². The molecule has 4 aromatic rings. The van der Waals surface area contributed by atoms with Crippen LogP contribution >= 0.6 is 23.2 Å². The van der Waals surface area contributed by atoms with Gasteiger partial charge in [0.2, 0.25) is 5.91 Å². The number of anilines is 4. The number of ether oxygens (including phenoxy) is 2. The Labute approximate surface area is 233 Å². The predicted molar refractivity (Wildman–Crippen MR) is 151 cm³/mol. The summed E-state index contributed by atoms with van der Waals surface area (Å²) in [4.78, 5) is 18.2. The van der Waals surface area contributed by atoms with Crippen molar-refractivity contribution in [1.29, 1.82) is 0 Å².